The topological polar surface area (TPSA) is 76.2 Å². The zero-order chi connectivity index (χ0) is 16.0. The maximum Gasteiger partial charge on any atom is 0.317 e. The SMILES string of the molecule is Cn1cnc([C@@H]2CN(C(=O)NC3CCC4(CC3)CC4)C[C@H]2N)c1. The van der Waals surface area contributed by atoms with Gasteiger partial charge < -0.3 is 20.5 Å². The van der Waals surface area contributed by atoms with Crippen LogP contribution < -0.4 is 11.1 Å². The molecule has 126 valence electrons. The van der Waals surface area contributed by atoms with Gasteiger partial charge in [0.15, 0.2) is 0 Å². The Morgan fingerprint density at radius 1 is 1.30 bits per heavy atom. The van der Waals surface area contributed by atoms with Crippen LogP contribution in [0.1, 0.15) is 50.1 Å². The second kappa shape index (κ2) is 5.51. The number of urea groups is 1. The lowest BCUT2D eigenvalue weighted by Gasteiger charge is -2.30. The molecule has 1 aliphatic heterocycles. The van der Waals surface area contributed by atoms with Crippen molar-refractivity contribution in [3.05, 3.63) is 18.2 Å². The van der Waals surface area contributed by atoms with E-state index in [4.69, 9.17) is 5.73 Å². The third kappa shape index (κ3) is 2.96. The van der Waals surface area contributed by atoms with E-state index in [0.717, 1.165) is 18.5 Å². The molecule has 6 heteroatoms. The van der Waals surface area contributed by atoms with E-state index in [0.29, 0.717) is 24.5 Å². The van der Waals surface area contributed by atoms with Crippen molar-refractivity contribution >= 4 is 6.03 Å². The molecule has 0 radical (unpaired) electrons. The first-order valence-corrected chi connectivity index (χ1v) is 8.84. The van der Waals surface area contributed by atoms with Gasteiger partial charge in [0.2, 0.25) is 0 Å². The van der Waals surface area contributed by atoms with Crippen LogP contribution >= 0.6 is 0 Å². The molecule has 1 aromatic rings. The molecule has 3 aliphatic rings. The van der Waals surface area contributed by atoms with Crippen molar-refractivity contribution in [2.45, 2.75) is 56.5 Å². The van der Waals surface area contributed by atoms with Crippen molar-refractivity contribution in [1.82, 2.24) is 19.8 Å². The minimum atomic E-state index is -0.0308. The molecule has 1 saturated heterocycles. The minimum Gasteiger partial charge on any atom is -0.340 e. The lowest BCUT2D eigenvalue weighted by atomic mass is 9.83. The Kier molecular flexibility index (Phi) is 3.59. The van der Waals surface area contributed by atoms with Gasteiger partial charge in [-0.15, -0.1) is 0 Å². The third-order valence-corrected chi connectivity index (χ3v) is 6.09. The summed E-state index contributed by atoms with van der Waals surface area (Å²) in [6.45, 7) is 1.28. The molecule has 2 amide bonds. The van der Waals surface area contributed by atoms with E-state index in [1.165, 1.54) is 25.7 Å². The van der Waals surface area contributed by atoms with Gasteiger partial charge >= 0.3 is 6.03 Å². The summed E-state index contributed by atoms with van der Waals surface area (Å²) in [4.78, 5) is 18.8. The van der Waals surface area contributed by atoms with Crippen molar-refractivity contribution in [3.8, 4) is 0 Å². The summed E-state index contributed by atoms with van der Waals surface area (Å²) in [7, 11) is 1.96. The van der Waals surface area contributed by atoms with Crippen molar-refractivity contribution < 1.29 is 4.79 Å². The number of aryl methyl sites for hydroxylation is 1. The van der Waals surface area contributed by atoms with E-state index in [1.807, 2.05) is 22.7 Å². The number of nitrogens with zero attached hydrogens (tertiary/aromatic N) is 3. The fourth-order valence-electron chi connectivity index (χ4n) is 4.25. The zero-order valence-electron chi connectivity index (χ0n) is 13.9. The Hall–Kier alpha value is -1.56. The summed E-state index contributed by atoms with van der Waals surface area (Å²) >= 11 is 0. The average Bonchev–Trinajstić information content (AvgIpc) is 2.95. The van der Waals surface area contributed by atoms with E-state index in [-0.39, 0.29) is 18.0 Å². The van der Waals surface area contributed by atoms with Crippen LogP contribution in [-0.2, 0) is 7.05 Å². The van der Waals surface area contributed by atoms with E-state index >= 15 is 0 Å². The molecule has 3 N–H and O–H groups in total. The molecule has 2 heterocycles. The standard InChI is InChI=1S/C17H27N5O/c1-21-10-15(19-11-21)13-8-22(9-14(13)18)16(23)20-12-2-4-17(5-3-12)6-7-17/h10-14H,2-9,18H2,1H3,(H,20,23)/t13-,14-/m1/s1. The van der Waals surface area contributed by atoms with Crippen LogP contribution in [0.5, 0.6) is 0 Å². The second-order valence-electron chi connectivity index (χ2n) is 7.86. The number of imidazole rings is 1. The fourth-order valence-corrected chi connectivity index (χ4v) is 4.25. The van der Waals surface area contributed by atoms with Crippen molar-refractivity contribution in [3.63, 3.8) is 0 Å². The first-order valence-electron chi connectivity index (χ1n) is 8.84. The molecule has 2 aliphatic carbocycles. The summed E-state index contributed by atoms with van der Waals surface area (Å²) in [5.74, 6) is 0.142. The summed E-state index contributed by atoms with van der Waals surface area (Å²) < 4.78 is 1.93. The number of amides is 2. The van der Waals surface area contributed by atoms with E-state index in [1.54, 1.807) is 6.33 Å². The Morgan fingerprint density at radius 2 is 2.04 bits per heavy atom. The Morgan fingerprint density at radius 3 is 2.65 bits per heavy atom. The summed E-state index contributed by atoms with van der Waals surface area (Å²) in [5, 5.41) is 3.23. The van der Waals surface area contributed by atoms with Crippen LogP contribution in [0.4, 0.5) is 4.79 Å². The van der Waals surface area contributed by atoms with Crippen LogP contribution in [-0.4, -0.2) is 45.7 Å². The molecular formula is C17H27N5O. The van der Waals surface area contributed by atoms with Crippen molar-refractivity contribution in [2.75, 3.05) is 13.1 Å². The maximum atomic E-state index is 12.6. The molecule has 0 unspecified atom stereocenters. The predicted octanol–water partition coefficient (Wildman–Crippen LogP) is 1.58. The average molecular weight is 317 g/mol. The van der Waals surface area contributed by atoms with Crippen LogP contribution in [0, 0.1) is 5.41 Å². The highest BCUT2D eigenvalue weighted by Crippen LogP contribution is 2.56. The smallest absolute Gasteiger partial charge is 0.317 e. The van der Waals surface area contributed by atoms with E-state index in [9.17, 15) is 4.79 Å². The quantitative estimate of drug-likeness (QED) is 0.869. The highest BCUT2D eigenvalue weighted by atomic mass is 16.2. The number of hydrogen-bond acceptors (Lipinski definition) is 3. The van der Waals surface area contributed by atoms with E-state index < -0.39 is 0 Å². The molecule has 4 rings (SSSR count). The monoisotopic (exact) mass is 317 g/mol. The number of aromatic nitrogens is 2. The predicted molar refractivity (Wildman–Crippen MR) is 88.0 cm³/mol. The molecule has 1 aromatic heterocycles. The maximum absolute atomic E-state index is 12.6. The van der Waals surface area contributed by atoms with Gasteiger partial charge in [-0.2, -0.15) is 0 Å². The molecule has 1 spiro atoms. The molecule has 2 saturated carbocycles. The number of likely N-dealkylation sites (tertiary alicyclic amines) is 1. The molecular weight excluding hydrogens is 290 g/mol. The minimum absolute atomic E-state index is 0.0308. The number of carbonyl (C=O) groups excluding carboxylic acids is 1. The van der Waals surface area contributed by atoms with Gasteiger partial charge in [-0.1, -0.05) is 0 Å². The van der Waals surface area contributed by atoms with Crippen LogP contribution in [0.2, 0.25) is 0 Å². The Bertz CT molecular complexity index is 584. The zero-order valence-corrected chi connectivity index (χ0v) is 13.9. The van der Waals surface area contributed by atoms with Crippen molar-refractivity contribution in [2.24, 2.45) is 18.2 Å². The number of hydrogen-bond donors (Lipinski definition) is 2. The van der Waals surface area contributed by atoms with Gasteiger partial charge in [-0.25, -0.2) is 9.78 Å². The molecule has 23 heavy (non-hydrogen) atoms. The summed E-state index contributed by atoms with van der Waals surface area (Å²) in [6, 6.07) is 0.367. The molecule has 3 fully saturated rings. The van der Waals surface area contributed by atoms with Crippen LogP contribution in [0.3, 0.4) is 0 Å². The summed E-state index contributed by atoms with van der Waals surface area (Å²) in [5.41, 5.74) is 7.91. The number of rotatable bonds is 2. The van der Waals surface area contributed by atoms with Crippen LogP contribution in [0.15, 0.2) is 12.5 Å². The number of nitrogens with one attached hydrogen (secondary N) is 1. The highest BCUT2D eigenvalue weighted by Gasteiger charge is 2.45. The Balaban J connectivity index is 1.32. The van der Waals surface area contributed by atoms with Gasteiger partial charge in [0, 0.05) is 44.3 Å². The first kappa shape index (κ1) is 15.0. The molecule has 0 bridgehead atoms. The van der Waals surface area contributed by atoms with Gasteiger partial charge in [0.25, 0.3) is 0 Å². The van der Waals surface area contributed by atoms with E-state index in [2.05, 4.69) is 10.3 Å². The van der Waals surface area contributed by atoms with Crippen LogP contribution in [0.25, 0.3) is 0 Å². The highest BCUT2D eigenvalue weighted by molar-refractivity contribution is 5.75. The normalized spacial score (nSPS) is 29.9. The van der Waals surface area contributed by atoms with Gasteiger partial charge in [-0.05, 0) is 43.9 Å². The summed E-state index contributed by atoms with van der Waals surface area (Å²) in [6.07, 6.45) is 11.4. The van der Waals surface area contributed by atoms with Crippen molar-refractivity contribution in [1.29, 1.82) is 0 Å². The molecule has 2 atom stereocenters. The van der Waals surface area contributed by atoms with Gasteiger partial charge in [0.1, 0.15) is 0 Å². The Labute approximate surface area is 137 Å². The largest absolute Gasteiger partial charge is 0.340 e. The first-order chi connectivity index (χ1) is 11.0. The number of nitrogens with two attached hydrogens (primary N) is 1. The van der Waals surface area contributed by atoms with Gasteiger partial charge in [0.05, 0.1) is 12.0 Å². The molecule has 0 aromatic carbocycles. The molecule has 6 nitrogen and oxygen atoms in total. The van der Waals surface area contributed by atoms with Gasteiger partial charge in [-0.3, -0.25) is 0 Å². The fraction of sp³-hybridized carbons (Fsp3) is 0.765. The third-order valence-electron chi connectivity index (χ3n) is 6.09. The number of carbonyl (C=O) groups is 1. The lowest BCUT2D eigenvalue weighted by Crippen LogP contribution is -2.46. The lowest BCUT2D eigenvalue weighted by molar-refractivity contribution is 0.193. The second-order valence-corrected chi connectivity index (χ2v) is 7.86.